The number of ether oxygens (including phenoxy) is 1. The van der Waals surface area contributed by atoms with Gasteiger partial charge in [-0.2, -0.15) is 0 Å². The highest BCUT2D eigenvalue weighted by Gasteiger charge is 2.40. The third-order valence-electron chi connectivity index (χ3n) is 10.0. The fourth-order valence-corrected chi connectivity index (χ4v) is 6.53. The van der Waals surface area contributed by atoms with Crippen LogP contribution in [0, 0.1) is 22.2 Å². The Morgan fingerprint density at radius 2 is 1.59 bits per heavy atom. The zero-order valence-electron chi connectivity index (χ0n) is 35.1. The topological polar surface area (TPSA) is 80.8 Å². The number of hydrogen-bond donors (Lipinski definition) is 0. The van der Waals surface area contributed by atoms with Gasteiger partial charge in [-0.1, -0.05) is 93.4 Å². The minimum Gasteiger partial charge on any atom is -0.494 e. The highest BCUT2D eigenvalue weighted by molar-refractivity contribution is 5.95. The minimum absolute atomic E-state index is 0.106. The molecule has 6 nitrogen and oxygen atoms in total. The number of carbonyl (C=O) groups excluding carboxylic acids is 4. The van der Waals surface area contributed by atoms with E-state index in [1.807, 2.05) is 34.6 Å². The molecule has 292 valence electrons. The monoisotopic (exact) mass is 712 g/mol. The summed E-state index contributed by atoms with van der Waals surface area (Å²) in [6, 6.07) is 0. The predicted octanol–water partition coefficient (Wildman–Crippen LogP) is 11.7. The second-order valence-corrected chi connectivity index (χ2v) is 17.0. The fraction of sp³-hybridized carbons (Fsp3) is 0.733. The number of hydrogen-bond acceptors (Lipinski definition) is 6. The fourth-order valence-electron chi connectivity index (χ4n) is 6.53. The third-order valence-corrected chi connectivity index (χ3v) is 10.0. The van der Waals surface area contributed by atoms with Crippen LogP contribution in [-0.2, 0) is 23.9 Å². The normalized spacial score (nSPS) is 20.4. The summed E-state index contributed by atoms with van der Waals surface area (Å²) >= 11 is 0. The largest absolute Gasteiger partial charge is 0.494 e. The first-order chi connectivity index (χ1) is 23.8. The second-order valence-electron chi connectivity index (χ2n) is 17.0. The molecule has 6 heteroatoms. The Morgan fingerprint density at radius 1 is 1.00 bits per heavy atom. The minimum atomic E-state index is -0.329. The number of aldehydes is 1. The lowest BCUT2D eigenvalue weighted by molar-refractivity contribution is -0.120. The van der Waals surface area contributed by atoms with Crippen molar-refractivity contribution >= 4 is 23.6 Å². The zero-order valence-corrected chi connectivity index (χ0v) is 35.1. The molecule has 1 saturated carbocycles. The van der Waals surface area contributed by atoms with E-state index in [1.54, 1.807) is 0 Å². The summed E-state index contributed by atoms with van der Waals surface area (Å²) in [4.78, 5) is 44.7. The highest BCUT2D eigenvalue weighted by Crippen LogP contribution is 2.44. The average Bonchev–Trinajstić information content (AvgIpc) is 3.81. The zero-order chi connectivity index (χ0) is 39.3. The van der Waals surface area contributed by atoms with Crippen LogP contribution in [0.2, 0.25) is 0 Å². The van der Waals surface area contributed by atoms with Crippen molar-refractivity contribution in [1.82, 2.24) is 4.90 Å². The molecule has 0 bridgehead atoms. The molecule has 2 heterocycles. The van der Waals surface area contributed by atoms with E-state index in [0.29, 0.717) is 43.0 Å². The van der Waals surface area contributed by atoms with Crippen LogP contribution in [0.5, 0.6) is 0 Å². The maximum atomic E-state index is 11.0. The Kier molecular flexibility index (Phi) is 23.2. The molecule has 2 aliphatic heterocycles. The van der Waals surface area contributed by atoms with E-state index in [4.69, 9.17) is 4.74 Å². The van der Waals surface area contributed by atoms with Crippen LogP contribution >= 0.6 is 0 Å². The first-order valence-corrected chi connectivity index (χ1v) is 19.9. The number of ketones is 3. The van der Waals surface area contributed by atoms with Crippen molar-refractivity contribution in [3.63, 3.8) is 0 Å². The molecule has 0 spiro atoms. The maximum absolute atomic E-state index is 11.0. The maximum Gasteiger partial charge on any atom is 0.158 e. The summed E-state index contributed by atoms with van der Waals surface area (Å²) in [5.41, 5.74) is 2.62. The van der Waals surface area contributed by atoms with Gasteiger partial charge in [0.15, 0.2) is 11.6 Å². The molecule has 1 saturated heterocycles. The number of Topliss-reactive ketones (excluding diaryl/α,β-unsaturated/α-hetero) is 2. The lowest BCUT2D eigenvalue weighted by atomic mass is 9.75. The molecular formula is C45H77NO5. The van der Waals surface area contributed by atoms with Gasteiger partial charge >= 0.3 is 0 Å². The number of rotatable bonds is 10. The number of carbonyl (C=O) groups is 4. The van der Waals surface area contributed by atoms with Gasteiger partial charge in [0, 0.05) is 56.0 Å². The Balaban J connectivity index is 0.000000632. The van der Waals surface area contributed by atoms with E-state index >= 15 is 0 Å². The van der Waals surface area contributed by atoms with Crippen molar-refractivity contribution in [3.8, 4) is 0 Å². The Morgan fingerprint density at radius 3 is 2.00 bits per heavy atom. The summed E-state index contributed by atoms with van der Waals surface area (Å²) in [5.74, 6) is 2.70. The van der Waals surface area contributed by atoms with Crippen molar-refractivity contribution in [3.05, 3.63) is 47.9 Å². The molecule has 1 atom stereocenters. The number of likely N-dealkylation sites (tertiary alicyclic amines) is 1. The molecule has 1 unspecified atom stereocenters. The van der Waals surface area contributed by atoms with Gasteiger partial charge < -0.3 is 14.4 Å². The van der Waals surface area contributed by atoms with E-state index in [0.717, 1.165) is 37.0 Å². The molecule has 2 fully saturated rings. The van der Waals surface area contributed by atoms with Gasteiger partial charge in [-0.15, -0.1) is 0 Å². The molecule has 51 heavy (non-hydrogen) atoms. The van der Waals surface area contributed by atoms with Crippen molar-refractivity contribution in [2.45, 2.75) is 179 Å². The number of nitrogens with zero attached hydrogens (tertiary/aromatic N) is 1. The highest BCUT2D eigenvalue weighted by atomic mass is 16.5. The summed E-state index contributed by atoms with van der Waals surface area (Å²) in [5, 5.41) is 0. The first-order valence-electron chi connectivity index (χ1n) is 19.9. The summed E-state index contributed by atoms with van der Waals surface area (Å²) in [6.07, 6.45) is 24.0. The van der Waals surface area contributed by atoms with E-state index in [-0.39, 0.29) is 22.4 Å². The van der Waals surface area contributed by atoms with E-state index in [9.17, 15) is 19.2 Å². The van der Waals surface area contributed by atoms with Gasteiger partial charge in [-0.05, 0) is 101 Å². The van der Waals surface area contributed by atoms with Crippen molar-refractivity contribution in [1.29, 1.82) is 0 Å². The van der Waals surface area contributed by atoms with Crippen molar-refractivity contribution < 1.29 is 23.9 Å². The van der Waals surface area contributed by atoms with Crippen LogP contribution in [0.15, 0.2) is 47.9 Å². The molecule has 0 amide bonds. The van der Waals surface area contributed by atoms with Crippen LogP contribution < -0.4 is 0 Å². The molecule has 0 radical (unpaired) electrons. The predicted molar refractivity (Wildman–Crippen MR) is 215 cm³/mol. The number of allylic oxidation sites excluding steroid dienone is 6. The van der Waals surface area contributed by atoms with Crippen LogP contribution in [0.25, 0.3) is 0 Å². The van der Waals surface area contributed by atoms with Crippen LogP contribution in [0.3, 0.4) is 0 Å². The van der Waals surface area contributed by atoms with Gasteiger partial charge in [-0.25, -0.2) is 0 Å². The Bertz CT molecular complexity index is 1170. The molecule has 0 aromatic heterocycles. The SMILES string of the molecule is C=CC(=O)CC.CC(C)=CN1CCCC1.CC1=CC(C)(C)CCC1=O.CCC(=O)CCC(C)(C)C=O.CCC1=CCC(C)(C)C(C2CCCC2)O1. The van der Waals surface area contributed by atoms with E-state index in [2.05, 4.69) is 78.3 Å². The Hall–Kier alpha value is -2.76. The first kappa shape index (κ1) is 48.2. The molecule has 2 aliphatic carbocycles. The standard InChI is InChI=1S/C14H24O.C9H16O2.C9H14O.C8H15N.C5H8O/c1-4-12-9-10-14(2,3)13(15-12)11-7-5-6-8-11;1-4-8(11)5-6-9(2,3)7-10;1-7-6-9(2,3)5-4-8(7)10;1-8(2)7-9-5-3-4-6-9;1-3-5(6)4-2/h9,11,13H,4-8,10H2,1-3H3;7H,4-6H2,1-3H3;6H,4-5H2,1-3H3;7H,3-6H2,1-2H3;3H,1,4H2,2H3. The quantitative estimate of drug-likeness (QED) is 0.166. The Labute approximate surface area is 314 Å². The van der Waals surface area contributed by atoms with Gasteiger partial charge in [0.25, 0.3) is 0 Å². The van der Waals surface area contributed by atoms with Gasteiger partial charge in [0.2, 0.25) is 0 Å². The average molecular weight is 712 g/mol. The lowest BCUT2D eigenvalue weighted by Crippen LogP contribution is -2.39. The summed E-state index contributed by atoms with van der Waals surface area (Å²) in [7, 11) is 0. The molecular weight excluding hydrogens is 634 g/mol. The lowest BCUT2D eigenvalue weighted by Gasteiger charge is -2.41. The van der Waals surface area contributed by atoms with Crippen LogP contribution in [0.1, 0.15) is 173 Å². The van der Waals surface area contributed by atoms with Gasteiger partial charge in [0.1, 0.15) is 18.2 Å². The summed E-state index contributed by atoms with van der Waals surface area (Å²) in [6.45, 7) is 30.6. The molecule has 4 aliphatic rings. The summed E-state index contributed by atoms with van der Waals surface area (Å²) < 4.78 is 6.20. The van der Waals surface area contributed by atoms with E-state index in [1.165, 1.54) is 75.4 Å². The van der Waals surface area contributed by atoms with E-state index < -0.39 is 0 Å². The molecule has 0 aromatic carbocycles. The van der Waals surface area contributed by atoms with Crippen molar-refractivity contribution in [2.75, 3.05) is 13.1 Å². The second kappa shape index (κ2) is 24.5. The van der Waals surface area contributed by atoms with Crippen molar-refractivity contribution in [2.24, 2.45) is 22.2 Å². The van der Waals surface area contributed by atoms with Crippen LogP contribution in [-0.4, -0.2) is 47.7 Å². The van der Waals surface area contributed by atoms with Gasteiger partial charge in [-0.3, -0.25) is 14.4 Å². The molecule has 0 N–H and O–H groups in total. The molecule has 4 rings (SSSR count). The molecule has 0 aromatic rings. The van der Waals surface area contributed by atoms with Crippen LogP contribution in [0.4, 0.5) is 0 Å². The smallest absolute Gasteiger partial charge is 0.158 e. The van der Waals surface area contributed by atoms with Gasteiger partial charge in [0.05, 0.1) is 5.76 Å². The third kappa shape index (κ3) is 21.4.